The largest absolute Gasteiger partial charge is 0.388 e. The van der Waals surface area contributed by atoms with Crippen LogP contribution in [0.25, 0.3) is 0 Å². The number of benzene rings is 1. The van der Waals surface area contributed by atoms with Crippen LogP contribution in [0.4, 0.5) is 11.4 Å². The van der Waals surface area contributed by atoms with Crippen molar-refractivity contribution in [1.29, 1.82) is 0 Å². The summed E-state index contributed by atoms with van der Waals surface area (Å²) < 4.78 is 0. The standard InChI is InChI=1S/C12H16N2O3/c1-9-7-10(14(16)17)3-4-11(9)13-8-12(15)5-2-6-12/h3-4,7,13,15H,2,5-6,8H2,1H3. The van der Waals surface area contributed by atoms with E-state index < -0.39 is 10.5 Å². The van der Waals surface area contributed by atoms with Crippen molar-refractivity contribution in [3.05, 3.63) is 33.9 Å². The first-order valence-corrected chi connectivity index (χ1v) is 5.71. The molecular weight excluding hydrogens is 220 g/mol. The normalized spacial score (nSPS) is 17.3. The van der Waals surface area contributed by atoms with E-state index in [1.54, 1.807) is 6.07 Å². The lowest BCUT2D eigenvalue weighted by molar-refractivity contribution is -0.384. The van der Waals surface area contributed by atoms with Crippen LogP contribution in [-0.4, -0.2) is 22.2 Å². The molecule has 1 aliphatic rings. The van der Waals surface area contributed by atoms with Crippen LogP contribution in [0.1, 0.15) is 24.8 Å². The molecule has 2 rings (SSSR count). The highest BCUT2D eigenvalue weighted by atomic mass is 16.6. The summed E-state index contributed by atoms with van der Waals surface area (Å²) in [5.74, 6) is 0. The lowest BCUT2D eigenvalue weighted by atomic mass is 9.80. The van der Waals surface area contributed by atoms with Gasteiger partial charge in [-0.15, -0.1) is 0 Å². The first-order chi connectivity index (χ1) is 8.00. The third kappa shape index (κ3) is 2.55. The number of rotatable bonds is 4. The minimum Gasteiger partial charge on any atom is -0.388 e. The van der Waals surface area contributed by atoms with Gasteiger partial charge in [-0.1, -0.05) is 0 Å². The average Bonchev–Trinajstić information content (AvgIpc) is 2.24. The van der Waals surface area contributed by atoms with Gasteiger partial charge in [0.2, 0.25) is 0 Å². The van der Waals surface area contributed by atoms with Crippen molar-refractivity contribution in [3.8, 4) is 0 Å². The van der Waals surface area contributed by atoms with Gasteiger partial charge in [0, 0.05) is 24.4 Å². The van der Waals surface area contributed by atoms with Crippen molar-refractivity contribution in [1.82, 2.24) is 0 Å². The predicted octanol–water partition coefficient (Wildman–Crippen LogP) is 2.23. The zero-order valence-corrected chi connectivity index (χ0v) is 9.77. The van der Waals surface area contributed by atoms with Crippen molar-refractivity contribution in [2.45, 2.75) is 31.8 Å². The maximum absolute atomic E-state index is 10.6. The monoisotopic (exact) mass is 236 g/mol. The number of nitro benzene ring substituents is 1. The highest BCUT2D eigenvalue weighted by Crippen LogP contribution is 2.32. The molecule has 0 radical (unpaired) electrons. The van der Waals surface area contributed by atoms with E-state index >= 15 is 0 Å². The fourth-order valence-electron chi connectivity index (χ4n) is 1.98. The second-order valence-corrected chi connectivity index (χ2v) is 4.69. The molecule has 0 heterocycles. The first-order valence-electron chi connectivity index (χ1n) is 5.71. The number of hydrogen-bond donors (Lipinski definition) is 2. The molecule has 5 heteroatoms. The molecule has 0 aliphatic heterocycles. The maximum atomic E-state index is 10.6. The van der Waals surface area contributed by atoms with Gasteiger partial charge < -0.3 is 10.4 Å². The van der Waals surface area contributed by atoms with Gasteiger partial charge in [-0.3, -0.25) is 10.1 Å². The number of hydrogen-bond acceptors (Lipinski definition) is 4. The number of nitrogens with one attached hydrogen (secondary N) is 1. The Bertz CT molecular complexity index is 441. The molecule has 0 amide bonds. The second kappa shape index (κ2) is 4.33. The van der Waals surface area contributed by atoms with Crippen LogP contribution in [0.5, 0.6) is 0 Å². The Morgan fingerprint density at radius 1 is 1.53 bits per heavy atom. The van der Waals surface area contributed by atoms with E-state index in [9.17, 15) is 15.2 Å². The summed E-state index contributed by atoms with van der Waals surface area (Å²) in [6, 6.07) is 4.70. The Kier molecular flexibility index (Phi) is 3.02. The summed E-state index contributed by atoms with van der Waals surface area (Å²) in [7, 11) is 0. The Balaban J connectivity index is 2.03. The van der Waals surface area contributed by atoms with Gasteiger partial charge in [0.25, 0.3) is 5.69 Å². The van der Waals surface area contributed by atoms with Gasteiger partial charge in [0.05, 0.1) is 10.5 Å². The van der Waals surface area contributed by atoms with Gasteiger partial charge in [0.1, 0.15) is 0 Å². The van der Waals surface area contributed by atoms with Crippen LogP contribution in [-0.2, 0) is 0 Å². The quantitative estimate of drug-likeness (QED) is 0.621. The SMILES string of the molecule is Cc1cc([N+](=O)[O-])ccc1NCC1(O)CCC1. The van der Waals surface area contributed by atoms with Crippen LogP contribution >= 0.6 is 0 Å². The van der Waals surface area contributed by atoms with Gasteiger partial charge in [-0.05, 0) is 37.8 Å². The summed E-state index contributed by atoms with van der Waals surface area (Å²) in [5.41, 5.74) is 1.17. The first kappa shape index (κ1) is 11.9. The number of aliphatic hydroxyl groups is 1. The summed E-state index contributed by atoms with van der Waals surface area (Å²) in [6.45, 7) is 2.33. The molecule has 0 atom stereocenters. The predicted molar refractivity (Wildman–Crippen MR) is 65.1 cm³/mol. The van der Waals surface area contributed by atoms with Gasteiger partial charge in [-0.25, -0.2) is 0 Å². The van der Waals surface area contributed by atoms with Crippen molar-refractivity contribution in [2.24, 2.45) is 0 Å². The molecule has 0 unspecified atom stereocenters. The molecule has 5 nitrogen and oxygen atoms in total. The minimum atomic E-state index is -0.589. The van der Waals surface area contributed by atoms with Crippen LogP contribution in [0.2, 0.25) is 0 Å². The molecule has 1 aliphatic carbocycles. The minimum absolute atomic E-state index is 0.0930. The number of nitro groups is 1. The molecule has 1 aromatic carbocycles. The average molecular weight is 236 g/mol. The van der Waals surface area contributed by atoms with Crippen molar-refractivity contribution in [3.63, 3.8) is 0 Å². The van der Waals surface area contributed by atoms with Crippen molar-refractivity contribution in [2.75, 3.05) is 11.9 Å². The van der Waals surface area contributed by atoms with E-state index in [1.807, 2.05) is 6.92 Å². The fraction of sp³-hybridized carbons (Fsp3) is 0.500. The third-order valence-corrected chi connectivity index (χ3v) is 3.31. The maximum Gasteiger partial charge on any atom is 0.269 e. The van der Waals surface area contributed by atoms with Gasteiger partial charge in [0.15, 0.2) is 0 Å². The van der Waals surface area contributed by atoms with E-state index in [2.05, 4.69) is 5.32 Å². The van der Waals surface area contributed by atoms with Crippen molar-refractivity contribution >= 4 is 11.4 Å². The molecular formula is C12H16N2O3. The topological polar surface area (TPSA) is 75.4 Å². The lowest BCUT2D eigenvalue weighted by Gasteiger charge is -2.37. The van der Waals surface area contributed by atoms with E-state index in [4.69, 9.17) is 0 Å². The smallest absolute Gasteiger partial charge is 0.269 e. The molecule has 1 aromatic rings. The molecule has 0 saturated heterocycles. The third-order valence-electron chi connectivity index (χ3n) is 3.31. The van der Waals surface area contributed by atoms with Crippen LogP contribution in [0, 0.1) is 17.0 Å². The van der Waals surface area contributed by atoms with Gasteiger partial charge in [-0.2, -0.15) is 0 Å². The number of anilines is 1. The van der Waals surface area contributed by atoms with Crippen LogP contribution in [0.15, 0.2) is 18.2 Å². The molecule has 17 heavy (non-hydrogen) atoms. The highest BCUT2D eigenvalue weighted by molar-refractivity contribution is 5.55. The summed E-state index contributed by atoms with van der Waals surface area (Å²) >= 11 is 0. The highest BCUT2D eigenvalue weighted by Gasteiger charge is 2.33. The Morgan fingerprint density at radius 3 is 2.71 bits per heavy atom. The number of aryl methyl sites for hydroxylation is 1. The van der Waals surface area contributed by atoms with Crippen molar-refractivity contribution < 1.29 is 10.0 Å². The lowest BCUT2D eigenvalue weighted by Crippen LogP contribution is -2.43. The van der Waals surface area contributed by atoms with E-state index in [-0.39, 0.29) is 5.69 Å². The zero-order valence-electron chi connectivity index (χ0n) is 9.77. The second-order valence-electron chi connectivity index (χ2n) is 4.69. The Labute approximate surface area is 99.6 Å². The molecule has 1 fully saturated rings. The molecule has 1 saturated carbocycles. The van der Waals surface area contributed by atoms with E-state index in [0.29, 0.717) is 6.54 Å². The molecule has 0 aromatic heterocycles. The number of nitrogens with zero attached hydrogens (tertiary/aromatic N) is 1. The molecule has 0 spiro atoms. The molecule has 2 N–H and O–H groups in total. The summed E-state index contributed by atoms with van der Waals surface area (Å²) in [5, 5.41) is 23.7. The zero-order chi connectivity index (χ0) is 12.5. The molecule has 92 valence electrons. The van der Waals surface area contributed by atoms with Gasteiger partial charge >= 0.3 is 0 Å². The summed E-state index contributed by atoms with van der Waals surface area (Å²) in [6.07, 6.45) is 2.72. The van der Waals surface area contributed by atoms with E-state index in [0.717, 1.165) is 30.5 Å². The number of non-ortho nitro benzene ring substituents is 1. The molecule has 0 bridgehead atoms. The fourth-order valence-corrected chi connectivity index (χ4v) is 1.98. The van der Waals surface area contributed by atoms with E-state index in [1.165, 1.54) is 12.1 Å². The Morgan fingerprint density at radius 2 is 2.24 bits per heavy atom. The summed E-state index contributed by atoms with van der Waals surface area (Å²) in [4.78, 5) is 10.2. The Hall–Kier alpha value is -1.62. The van der Waals surface area contributed by atoms with Crippen LogP contribution in [0.3, 0.4) is 0 Å². The van der Waals surface area contributed by atoms with Crippen LogP contribution < -0.4 is 5.32 Å².